The molecule has 4 rings (SSSR count). The third kappa shape index (κ3) is 3.25. The zero-order chi connectivity index (χ0) is 17.2. The van der Waals surface area contributed by atoms with Gasteiger partial charge in [-0.15, -0.1) is 10.2 Å². The van der Waals surface area contributed by atoms with Crippen molar-refractivity contribution in [3.05, 3.63) is 40.4 Å². The average molecular weight is 342 g/mol. The van der Waals surface area contributed by atoms with Crippen LogP contribution in [-0.2, 0) is 19.5 Å². The number of aromatic amines is 1. The van der Waals surface area contributed by atoms with E-state index in [1.165, 1.54) is 6.42 Å². The Bertz CT molecular complexity index is 970. The number of nitrogens with zero attached hydrogens (tertiary/aromatic N) is 3. The van der Waals surface area contributed by atoms with Crippen molar-refractivity contribution in [3.8, 4) is 0 Å². The number of urea groups is 1. The summed E-state index contributed by atoms with van der Waals surface area (Å²) in [6.07, 6.45) is 4.35. The maximum Gasteiger partial charge on any atom is 0.417 e. The molecular weight excluding hydrogens is 324 g/mol. The van der Waals surface area contributed by atoms with Gasteiger partial charge >= 0.3 is 11.8 Å². The molecule has 130 valence electrons. The molecule has 0 radical (unpaired) electrons. The Morgan fingerprint density at radius 1 is 1.28 bits per heavy atom. The molecule has 0 fully saturated rings. The molecule has 3 N–H and O–H groups in total. The summed E-state index contributed by atoms with van der Waals surface area (Å²) in [6.45, 7) is 1.20. The van der Waals surface area contributed by atoms with E-state index in [-0.39, 0.29) is 6.03 Å². The molecule has 25 heavy (non-hydrogen) atoms. The fourth-order valence-electron chi connectivity index (χ4n) is 3.03. The van der Waals surface area contributed by atoms with E-state index in [0.29, 0.717) is 23.3 Å². The van der Waals surface area contributed by atoms with Gasteiger partial charge in [-0.25, -0.2) is 9.59 Å². The number of benzene rings is 1. The van der Waals surface area contributed by atoms with Crippen LogP contribution in [0.25, 0.3) is 11.1 Å². The van der Waals surface area contributed by atoms with Gasteiger partial charge in [-0.3, -0.25) is 4.98 Å². The maximum atomic E-state index is 12.1. The molecule has 1 aromatic carbocycles. The Labute approximate surface area is 142 Å². The van der Waals surface area contributed by atoms with E-state index in [1.54, 1.807) is 18.2 Å². The molecule has 3 aromatic rings. The summed E-state index contributed by atoms with van der Waals surface area (Å²) in [5, 5.41) is 13.9. The van der Waals surface area contributed by atoms with Crippen molar-refractivity contribution in [1.29, 1.82) is 0 Å². The van der Waals surface area contributed by atoms with Crippen LogP contribution in [0.1, 0.15) is 30.9 Å². The van der Waals surface area contributed by atoms with Crippen LogP contribution >= 0.6 is 0 Å². The number of carbonyl (C=O) groups excluding carboxylic acids is 1. The summed E-state index contributed by atoms with van der Waals surface area (Å²) < 4.78 is 7.07. The van der Waals surface area contributed by atoms with Gasteiger partial charge in [-0.05, 0) is 25.0 Å². The van der Waals surface area contributed by atoms with E-state index in [2.05, 4.69) is 30.4 Å². The number of hydrogen-bond acceptors (Lipinski definition) is 5. The number of fused-ring (bicyclic) bond motifs is 2. The van der Waals surface area contributed by atoms with Gasteiger partial charge in [0.1, 0.15) is 5.82 Å². The highest BCUT2D eigenvalue weighted by molar-refractivity contribution is 5.91. The molecule has 0 atom stereocenters. The second-order valence-electron chi connectivity index (χ2n) is 6.03. The van der Waals surface area contributed by atoms with Crippen molar-refractivity contribution in [3.63, 3.8) is 0 Å². The number of rotatable bonds is 3. The van der Waals surface area contributed by atoms with E-state index >= 15 is 0 Å². The summed E-state index contributed by atoms with van der Waals surface area (Å²) in [4.78, 5) is 25.8. The average Bonchev–Trinajstić information content (AvgIpc) is 3.06. The molecule has 0 saturated heterocycles. The minimum atomic E-state index is -0.524. The molecule has 9 heteroatoms. The van der Waals surface area contributed by atoms with E-state index in [0.717, 1.165) is 37.5 Å². The van der Waals surface area contributed by atoms with Crippen molar-refractivity contribution in [2.45, 2.75) is 38.8 Å². The summed E-state index contributed by atoms with van der Waals surface area (Å²) >= 11 is 0. The molecular formula is C16H18N6O3. The second kappa shape index (κ2) is 6.42. The van der Waals surface area contributed by atoms with Crippen LogP contribution in [-0.4, -0.2) is 25.8 Å². The quantitative estimate of drug-likeness (QED) is 0.670. The normalized spacial score (nSPS) is 14.1. The zero-order valence-electron chi connectivity index (χ0n) is 13.5. The Morgan fingerprint density at radius 3 is 3.12 bits per heavy atom. The number of aryl methyl sites for hydroxylation is 1. The number of oxazole rings is 1. The lowest BCUT2D eigenvalue weighted by Gasteiger charge is -2.09. The van der Waals surface area contributed by atoms with Crippen molar-refractivity contribution in [2.24, 2.45) is 0 Å². The SMILES string of the molecule is O=C(NCc1nnc2n1CCCCC2)Nc1ccc2[nH]c(=O)oc2c1. The van der Waals surface area contributed by atoms with Crippen LogP contribution in [0.4, 0.5) is 10.5 Å². The molecule has 0 spiro atoms. The molecule has 0 aliphatic carbocycles. The standard InChI is InChI=1S/C16H18N6O3/c23-15(18-10-5-6-11-12(8-10)25-16(24)19-11)17-9-14-21-20-13-4-2-1-3-7-22(13)14/h5-6,8H,1-4,7,9H2,(H,19,24)(H2,17,18,23). The fourth-order valence-corrected chi connectivity index (χ4v) is 3.03. The van der Waals surface area contributed by atoms with Crippen LogP contribution in [0, 0.1) is 0 Å². The van der Waals surface area contributed by atoms with Crippen LogP contribution in [0.5, 0.6) is 0 Å². The van der Waals surface area contributed by atoms with Gasteiger partial charge in [0.05, 0.1) is 12.1 Å². The van der Waals surface area contributed by atoms with Crippen LogP contribution in [0.15, 0.2) is 27.4 Å². The third-order valence-electron chi connectivity index (χ3n) is 4.27. The Kier molecular flexibility index (Phi) is 3.96. The minimum Gasteiger partial charge on any atom is -0.408 e. The lowest BCUT2D eigenvalue weighted by Crippen LogP contribution is -2.29. The lowest BCUT2D eigenvalue weighted by molar-refractivity contribution is 0.251. The first-order chi connectivity index (χ1) is 12.2. The summed E-state index contributed by atoms with van der Waals surface area (Å²) in [7, 11) is 0. The largest absolute Gasteiger partial charge is 0.417 e. The Balaban J connectivity index is 1.40. The van der Waals surface area contributed by atoms with E-state index in [9.17, 15) is 9.59 Å². The van der Waals surface area contributed by atoms with Crippen LogP contribution in [0.3, 0.4) is 0 Å². The lowest BCUT2D eigenvalue weighted by atomic mass is 10.2. The van der Waals surface area contributed by atoms with Crippen LogP contribution in [0.2, 0.25) is 0 Å². The Hall–Kier alpha value is -3.10. The highest BCUT2D eigenvalue weighted by Gasteiger charge is 2.15. The number of aromatic nitrogens is 4. The minimum absolute atomic E-state index is 0.306. The molecule has 2 amide bonds. The number of carbonyl (C=O) groups is 1. The molecule has 9 nitrogen and oxygen atoms in total. The van der Waals surface area contributed by atoms with E-state index in [1.807, 2.05) is 0 Å². The summed E-state index contributed by atoms with van der Waals surface area (Å²) in [5.74, 6) is 1.23. The number of amides is 2. The van der Waals surface area contributed by atoms with Gasteiger partial charge in [0.2, 0.25) is 0 Å². The molecule has 1 aliphatic heterocycles. The monoisotopic (exact) mass is 342 g/mol. The molecule has 0 unspecified atom stereocenters. The third-order valence-corrected chi connectivity index (χ3v) is 4.27. The van der Waals surface area contributed by atoms with Gasteiger partial charge in [0.15, 0.2) is 11.4 Å². The zero-order valence-corrected chi connectivity index (χ0v) is 13.5. The Morgan fingerprint density at radius 2 is 2.20 bits per heavy atom. The number of nitrogens with one attached hydrogen (secondary N) is 3. The molecule has 0 saturated carbocycles. The molecule has 3 heterocycles. The van der Waals surface area contributed by atoms with Crippen molar-refractivity contribution >= 4 is 22.8 Å². The molecule has 1 aliphatic rings. The van der Waals surface area contributed by atoms with Crippen molar-refractivity contribution < 1.29 is 9.21 Å². The van der Waals surface area contributed by atoms with E-state index in [4.69, 9.17) is 4.42 Å². The van der Waals surface area contributed by atoms with Gasteiger partial charge in [0.25, 0.3) is 0 Å². The topological polar surface area (TPSA) is 118 Å². The fraction of sp³-hybridized carbons (Fsp3) is 0.375. The number of hydrogen-bond donors (Lipinski definition) is 3. The van der Waals surface area contributed by atoms with Crippen molar-refractivity contribution in [2.75, 3.05) is 5.32 Å². The van der Waals surface area contributed by atoms with E-state index < -0.39 is 5.76 Å². The van der Waals surface area contributed by atoms with Gasteiger partial charge in [-0.1, -0.05) is 6.42 Å². The number of H-pyrrole nitrogens is 1. The highest BCUT2D eigenvalue weighted by atomic mass is 16.4. The number of anilines is 1. The smallest absolute Gasteiger partial charge is 0.408 e. The van der Waals surface area contributed by atoms with Gasteiger partial charge in [0, 0.05) is 24.7 Å². The van der Waals surface area contributed by atoms with Gasteiger partial charge < -0.3 is 19.6 Å². The second-order valence-corrected chi connectivity index (χ2v) is 6.03. The molecule has 2 aromatic heterocycles. The highest BCUT2D eigenvalue weighted by Crippen LogP contribution is 2.16. The first kappa shape index (κ1) is 15.4. The predicted octanol–water partition coefficient (Wildman–Crippen LogP) is 1.76. The maximum absolute atomic E-state index is 12.1. The first-order valence-corrected chi connectivity index (χ1v) is 8.28. The van der Waals surface area contributed by atoms with Crippen LogP contribution < -0.4 is 16.4 Å². The van der Waals surface area contributed by atoms with Crippen molar-refractivity contribution in [1.82, 2.24) is 25.1 Å². The summed E-state index contributed by atoms with van der Waals surface area (Å²) in [5.41, 5.74) is 1.51. The summed E-state index contributed by atoms with van der Waals surface area (Å²) in [6, 6.07) is 4.60. The molecule has 0 bridgehead atoms. The predicted molar refractivity (Wildman–Crippen MR) is 90.3 cm³/mol. The van der Waals surface area contributed by atoms with Gasteiger partial charge in [-0.2, -0.15) is 0 Å². The first-order valence-electron chi connectivity index (χ1n) is 8.28.